The lowest BCUT2D eigenvalue weighted by Crippen LogP contribution is -2.05. The van der Waals surface area contributed by atoms with Crippen LogP contribution in [0, 0.1) is 25.7 Å². The van der Waals surface area contributed by atoms with Gasteiger partial charge in [-0.15, -0.1) is 11.3 Å². The van der Waals surface area contributed by atoms with Crippen molar-refractivity contribution in [3.63, 3.8) is 0 Å². The van der Waals surface area contributed by atoms with Gasteiger partial charge in [0.15, 0.2) is 22.2 Å². The van der Waals surface area contributed by atoms with E-state index in [0.29, 0.717) is 16.1 Å². The number of hydrogen-bond donors (Lipinski definition) is 0. The predicted octanol–water partition coefficient (Wildman–Crippen LogP) is 7.72. The van der Waals surface area contributed by atoms with Gasteiger partial charge in [-0.25, -0.2) is 4.98 Å². The first-order valence-corrected chi connectivity index (χ1v) is 13.8. The molecule has 0 atom stereocenters. The zero-order valence-electron chi connectivity index (χ0n) is 21.9. The first-order chi connectivity index (χ1) is 19.5. The highest BCUT2D eigenvalue weighted by molar-refractivity contribution is 7.19. The number of nitrogens with zero attached hydrogens (tertiary/aromatic N) is 2. The van der Waals surface area contributed by atoms with Gasteiger partial charge in [0.25, 0.3) is 0 Å². The van der Waals surface area contributed by atoms with Crippen LogP contribution in [0.2, 0.25) is 0 Å². The topological polar surface area (TPSA) is 52.0 Å². The molecule has 0 N–H and O–H groups in total. The Morgan fingerprint density at radius 3 is 2.02 bits per heavy atom. The molecular weight excluding hydrogens is 512 g/mol. The molecule has 0 bridgehead atoms. The van der Waals surface area contributed by atoms with Crippen molar-refractivity contribution < 1.29 is 9.59 Å². The minimum Gasteiger partial charge on any atom is -0.293 e. The lowest BCUT2D eigenvalue weighted by Gasteiger charge is -2.14. The first kappa shape index (κ1) is 24.0. The van der Waals surface area contributed by atoms with E-state index in [-0.39, 0.29) is 17.1 Å². The molecule has 0 fully saturated rings. The maximum Gasteiger partial charge on any atom is 0.197 e. The van der Waals surface area contributed by atoms with Crippen LogP contribution in [0.5, 0.6) is 0 Å². The number of benzene rings is 4. The Morgan fingerprint density at radius 2 is 1.38 bits per heavy atom. The van der Waals surface area contributed by atoms with Crippen LogP contribution in [0.3, 0.4) is 0 Å². The molecule has 190 valence electrons. The number of Topliss-reactive ketones (excluding diaryl/α,β-unsaturated/α-hetero) is 2. The van der Waals surface area contributed by atoms with Crippen molar-refractivity contribution >= 4 is 50.1 Å². The molecule has 4 aromatic carbocycles. The highest BCUT2D eigenvalue weighted by atomic mass is 32.1. The summed E-state index contributed by atoms with van der Waals surface area (Å²) in [6.07, 6.45) is 1.73. The van der Waals surface area contributed by atoms with E-state index in [4.69, 9.17) is 4.98 Å². The summed E-state index contributed by atoms with van der Waals surface area (Å²) in [6, 6.07) is 29.4. The van der Waals surface area contributed by atoms with E-state index in [0.717, 1.165) is 49.2 Å². The van der Waals surface area contributed by atoms with Crippen molar-refractivity contribution in [1.82, 2.24) is 9.55 Å². The van der Waals surface area contributed by atoms with E-state index in [1.807, 2.05) is 78.9 Å². The van der Waals surface area contributed by atoms with Gasteiger partial charge in [0.2, 0.25) is 0 Å². The van der Waals surface area contributed by atoms with Crippen LogP contribution >= 0.6 is 11.3 Å². The highest BCUT2D eigenvalue weighted by Gasteiger charge is 2.34. The Kier molecular flexibility index (Phi) is 5.59. The summed E-state index contributed by atoms with van der Waals surface area (Å²) in [5, 5.41) is 2.59. The van der Waals surface area contributed by atoms with Crippen molar-refractivity contribution in [3.05, 3.63) is 135 Å². The highest BCUT2D eigenvalue weighted by Crippen LogP contribution is 2.36. The van der Waals surface area contributed by atoms with Gasteiger partial charge in [0, 0.05) is 16.7 Å². The fraction of sp³-hybridized carbons (Fsp3) is 0.0571. The number of thiazole rings is 1. The number of allylic oxidation sites excluding steroid dienone is 1. The van der Waals surface area contributed by atoms with Gasteiger partial charge in [-0.3, -0.25) is 14.2 Å². The second-order valence-corrected chi connectivity index (χ2v) is 11.0. The molecule has 1 aliphatic rings. The third-order valence-corrected chi connectivity index (χ3v) is 8.20. The second-order valence-electron chi connectivity index (χ2n) is 9.93. The Morgan fingerprint density at radius 1 is 0.750 bits per heavy atom. The van der Waals surface area contributed by atoms with Gasteiger partial charge in [-0.2, -0.15) is 0 Å². The van der Waals surface area contributed by atoms with Crippen molar-refractivity contribution in [3.8, 4) is 17.5 Å². The maximum absolute atomic E-state index is 13.5. The average molecular weight is 535 g/mol. The van der Waals surface area contributed by atoms with E-state index in [1.165, 1.54) is 11.3 Å². The quantitative estimate of drug-likeness (QED) is 0.130. The molecule has 0 radical (unpaired) electrons. The zero-order chi connectivity index (χ0) is 27.4. The van der Waals surface area contributed by atoms with Crippen molar-refractivity contribution in [1.29, 1.82) is 0 Å². The summed E-state index contributed by atoms with van der Waals surface area (Å²) >= 11 is 1.50. The molecule has 4 nitrogen and oxygen atoms in total. The molecule has 6 aromatic rings. The molecule has 0 spiro atoms. The predicted molar refractivity (Wildman–Crippen MR) is 161 cm³/mol. The van der Waals surface area contributed by atoms with Crippen LogP contribution in [0.4, 0.5) is 0 Å². The summed E-state index contributed by atoms with van der Waals surface area (Å²) in [6.45, 7) is 4.11. The van der Waals surface area contributed by atoms with Crippen LogP contribution < -0.4 is 0 Å². The summed E-state index contributed by atoms with van der Waals surface area (Å²) < 4.78 is 2.99. The van der Waals surface area contributed by atoms with E-state index in [1.54, 1.807) is 6.08 Å². The summed E-state index contributed by atoms with van der Waals surface area (Å²) in [5.41, 5.74) is 6.63. The number of aryl methyl sites for hydroxylation is 2. The average Bonchev–Trinajstić information content (AvgIpc) is 3.58. The smallest absolute Gasteiger partial charge is 0.197 e. The molecule has 2 aromatic heterocycles. The Bertz CT molecular complexity index is 2040. The summed E-state index contributed by atoms with van der Waals surface area (Å²) in [5.74, 6) is 5.90. The largest absolute Gasteiger partial charge is 0.293 e. The van der Waals surface area contributed by atoms with Gasteiger partial charge in [-0.1, -0.05) is 66.6 Å². The van der Waals surface area contributed by atoms with Crippen molar-refractivity contribution in [2.75, 3.05) is 0 Å². The first-order valence-electron chi connectivity index (χ1n) is 13.0. The van der Waals surface area contributed by atoms with Gasteiger partial charge >= 0.3 is 0 Å². The third kappa shape index (κ3) is 3.89. The van der Waals surface area contributed by atoms with Crippen molar-refractivity contribution in [2.24, 2.45) is 0 Å². The summed E-state index contributed by atoms with van der Waals surface area (Å²) in [4.78, 5) is 32.0. The number of carbonyl (C=O) groups excluding carboxylic acids is 2. The fourth-order valence-electron chi connectivity index (χ4n) is 5.39. The van der Waals surface area contributed by atoms with Crippen LogP contribution in [0.1, 0.15) is 48.1 Å². The number of rotatable bonds is 2. The number of carbonyl (C=O) groups is 2. The van der Waals surface area contributed by atoms with Gasteiger partial charge in [0.05, 0.1) is 21.7 Å². The van der Waals surface area contributed by atoms with Crippen LogP contribution in [-0.4, -0.2) is 21.1 Å². The third-order valence-electron chi connectivity index (χ3n) is 7.29. The molecular formula is C35H22N2O2S. The van der Waals surface area contributed by atoms with E-state index < -0.39 is 0 Å². The fourth-order valence-corrected chi connectivity index (χ4v) is 6.24. The normalized spacial score (nSPS) is 12.6. The molecule has 0 saturated carbocycles. The van der Waals surface area contributed by atoms with E-state index in [9.17, 15) is 9.59 Å². The Labute approximate surface area is 235 Å². The molecule has 0 saturated heterocycles. The standard InChI is InChI=1S/C35H22N2O2S/c1-21-9-8-10-22(2)32(21)37-26(20-30-35(37)36-31(40-30)16-15-23-11-4-3-5-12-23)19-29-33(38)27-17-24-13-6-7-14-25(24)18-28(27)34(29)39/h3-14,17-20H,1-2H3. The van der Waals surface area contributed by atoms with E-state index >= 15 is 0 Å². The molecule has 5 heteroatoms. The molecule has 0 unspecified atom stereocenters. The number of aromatic nitrogens is 2. The lowest BCUT2D eigenvalue weighted by atomic mass is 10.0. The van der Waals surface area contributed by atoms with Gasteiger partial charge in [-0.05, 0) is 78.1 Å². The molecule has 7 rings (SSSR count). The molecule has 0 aliphatic heterocycles. The van der Waals surface area contributed by atoms with Crippen LogP contribution in [-0.2, 0) is 0 Å². The Balaban J connectivity index is 1.40. The van der Waals surface area contributed by atoms with Gasteiger partial charge < -0.3 is 0 Å². The minimum absolute atomic E-state index is 0.173. The molecule has 0 amide bonds. The number of para-hydroxylation sites is 1. The number of hydrogen-bond acceptors (Lipinski definition) is 4. The minimum atomic E-state index is -0.245. The zero-order valence-corrected chi connectivity index (χ0v) is 22.7. The SMILES string of the molecule is Cc1cccc(C)c1-n1c(C=C2C(=O)c3cc4ccccc4cc3C2=O)cc2sc(C#Cc3ccccc3)nc21. The number of fused-ring (bicyclic) bond motifs is 3. The monoisotopic (exact) mass is 534 g/mol. The van der Waals surface area contributed by atoms with Crippen LogP contribution in [0.25, 0.3) is 32.9 Å². The van der Waals surface area contributed by atoms with Crippen LogP contribution in [0.15, 0.2) is 96.6 Å². The summed E-state index contributed by atoms with van der Waals surface area (Å²) in [7, 11) is 0. The number of ketones is 2. The molecule has 1 aliphatic carbocycles. The van der Waals surface area contributed by atoms with E-state index in [2.05, 4.69) is 42.4 Å². The second kappa shape index (κ2) is 9.30. The molecule has 2 heterocycles. The Hall–Kier alpha value is -5.05. The maximum atomic E-state index is 13.5. The van der Waals surface area contributed by atoms with Gasteiger partial charge in [0.1, 0.15) is 0 Å². The molecule has 40 heavy (non-hydrogen) atoms. The lowest BCUT2D eigenvalue weighted by molar-refractivity contribution is 0.0990. The van der Waals surface area contributed by atoms with Crippen molar-refractivity contribution in [2.45, 2.75) is 13.8 Å².